The number of hydrogen-bond acceptors (Lipinski definition) is 5. The van der Waals surface area contributed by atoms with Crippen LogP contribution in [0.1, 0.15) is 79.3 Å². The van der Waals surface area contributed by atoms with Crippen LogP contribution in [0, 0.1) is 12.8 Å². The Bertz CT molecular complexity index is 1530. The van der Waals surface area contributed by atoms with E-state index >= 15 is 0 Å². The topological polar surface area (TPSA) is 65.4 Å². The van der Waals surface area contributed by atoms with Gasteiger partial charge in [0, 0.05) is 52.1 Å². The summed E-state index contributed by atoms with van der Waals surface area (Å²) in [6.45, 7) is 9.89. The van der Waals surface area contributed by atoms with Crippen LogP contribution < -0.4 is 10.1 Å². The number of aryl methyl sites for hydroxylation is 1. The summed E-state index contributed by atoms with van der Waals surface area (Å²) in [7, 11) is 0. The van der Waals surface area contributed by atoms with Gasteiger partial charge in [-0.1, -0.05) is 43.3 Å². The van der Waals surface area contributed by atoms with Gasteiger partial charge in [-0.25, -0.2) is 9.78 Å². The summed E-state index contributed by atoms with van der Waals surface area (Å²) >= 11 is 0. The van der Waals surface area contributed by atoms with Gasteiger partial charge < -0.3 is 19.4 Å². The standard InChI is InChI=1S/C33H37N3O3/c1-5-36-22(4)29(24-11-7-8-15-28(24)36)33(25-13-10-20-34-30(25)32(37)39-33)26-12-9-14-27(31(26)38-6-2)35-23-18-16-21(3)17-19-23/h7-15,20-21,23,35H,5-6,16-19H2,1-4H3. The highest BCUT2D eigenvalue weighted by Crippen LogP contribution is 2.54. The van der Waals surface area contributed by atoms with E-state index < -0.39 is 11.6 Å². The Balaban J connectivity index is 1.64. The average molecular weight is 524 g/mol. The number of cyclic esters (lactones) is 1. The molecule has 2 aromatic heterocycles. The first-order valence-electron chi connectivity index (χ1n) is 14.3. The quantitative estimate of drug-likeness (QED) is 0.259. The van der Waals surface area contributed by atoms with Crippen molar-refractivity contribution in [3.8, 4) is 5.75 Å². The molecule has 6 rings (SSSR count). The molecule has 1 aliphatic heterocycles. The summed E-state index contributed by atoms with van der Waals surface area (Å²) in [5.74, 6) is 1.08. The van der Waals surface area contributed by atoms with Gasteiger partial charge in [0.15, 0.2) is 11.3 Å². The van der Waals surface area contributed by atoms with Crippen molar-refractivity contribution in [1.82, 2.24) is 9.55 Å². The fraction of sp³-hybridized carbons (Fsp3) is 0.394. The number of carbonyl (C=O) groups excluding carboxylic acids is 1. The number of nitrogens with one attached hydrogen (secondary N) is 1. The first kappa shape index (κ1) is 25.5. The molecular formula is C33H37N3O3. The minimum absolute atomic E-state index is 0.354. The number of aromatic nitrogens is 2. The Morgan fingerprint density at radius 3 is 2.56 bits per heavy atom. The molecule has 0 radical (unpaired) electrons. The minimum atomic E-state index is -1.20. The van der Waals surface area contributed by atoms with Crippen LogP contribution in [-0.2, 0) is 16.9 Å². The predicted octanol–water partition coefficient (Wildman–Crippen LogP) is 7.22. The molecule has 0 amide bonds. The number of rotatable bonds is 7. The molecule has 4 aromatic rings. The van der Waals surface area contributed by atoms with Crippen molar-refractivity contribution in [1.29, 1.82) is 0 Å². The van der Waals surface area contributed by atoms with Gasteiger partial charge in [-0.2, -0.15) is 0 Å². The van der Waals surface area contributed by atoms with Gasteiger partial charge >= 0.3 is 5.97 Å². The van der Waals surface area contributed by atoms with Crippen LogP contribution in [0.25, 0.3) is 10.9 Å². The van der Waals surface area contributed by atoms with E-state index in [-0.39, 0.29) is 0 Å². The molecule has 39 heavy (non-hydrogen) atoms. The molecule has 6 heteroatoms. The van der Waals surface area contributed by atoms with E-state index in [0.29, 0.717) is 18.3 Å². The molecule has 1 aliphatic carbocycles. The number of nitrogens with zero attached hydrogens (tertiary/aromatic N) is 2. The molecule has 1 saturated carbocycles. The van der Waals surface area contributed by atoms with Crippen molar-refractivity contribution in [3.63, 3.8) is 0 Å². The highest BCUT2D eigenvalue weighted by molar-refractivity contribution is 5.97. The molecule has 1 N–H and O–H groups in total. The molecule has 0 bridgehead atoms. The highest BCUT2D eigenvalue weighted by Gasteiger charge is 2.53. The average Bonchev–Trinajstić information content (AvgIpc) is 3.41. The van der Waals surface area contributed by atoms with Gasteiger partial charge in [0.05, 0.1) is 12.3 Å². The van der Waals surface area contributed by atoms with E-state index in [4.69, 9.17) is 9.47 Å². The monoisotopic (exact) mass is 523 g/mol. The Morgan fingerprint density at radius 2 is 1.79 bits per heavy atom. The molecule has 2 aromatic carbocycles. The maximum absolute atomic E-state index is 13.5. The summed E-state index contributed by atoms with van der Waals surface area (Å²) in [6.07, 6.45) is 6.36. The van der Waals surface area contributed by atoms with Crippen LogP contribution in [0.15, 0.2) is 60.8 Å². The molecule has 1 unspecified atom stereocenters. The van der Waals surface area contributed by atoms with E-state index in [9.17, 15) is 4.79 Å². The zero-order chi connectivity index (χ0) is 27.1. The van der Waals surface area contributed by atoms with Gasteiger partial charge in [-0.05, 0) is 70.6 Å². The normalized spacial score (nSPS) is 22.5. The van der Waals surface area contributed by atoms with Crippen molar-refractivity contribution in [3.05, 3.63) is 88.9 Å². The second-order valence-corrected chi connectivity index (χ2v) is 10.9. The molecule has 2 aliphatic rings. The van der Waals surface area contributed by atoms with Crippen LogP contribution in [0.5, 0.6) is 5.75 Å². The van der Waals surface area contributed by atoms with Crippen molar-refractivity contribution in [2.24, 2.45) is 5.92 Å². The van der Waals surface area contributed by atoms with Gasteiger partial charge in [0.1, 0.15) is 5.75 Å². The van der Waals surface area contributed by atoms with E-state index in [1.807, 2.05) is 37.3 Å². The minimum Gasteiger partial charge on any atom is -0.491 e. The third-order valence-corrected chi connectivity index (χ3v) is 8.58. The third-order valence-electron chi connectivity index (χ3n) is 8.58. The maximum Gasteiger partial charge on any atom is 0.358 e. The molecule has 0 saturated heterocycles. The number of para-hydroxylation sites is 2. The maximum atomic E-state index is 13.5. The Hall–Kier alpha value is -3.80. The largest absolute Gasteiger partial charge is 0.491 e. The van der Waals surface area contributed by atoms with Gasteiger partial charge in [-0.3, -0.25) is 0 Å². The van der Waals surface area contributed by atoms with Crippen LogP contribution >= 0.6 is 0 Å². The zero-order valence-corrected chi connectivity index (χ0v) is 23.3. The van der Waals surface area contributed by atoms with Crippen molar-refractivity contribution < 1.29 is 14.3 Å². The van der Waals surface area contributed by atoms with Crippen molar-refractivity contribution >= 4 is 22.6 Å². The molecular weight excluding hydrogens is 486 g/mol. The summed E-state index contributed by atoms with van der Waals surface area (Å²) in [5.41, 5.74) is 4.81. The van der Waals surface area contributed by atoms with Gasteiger partial charge in [0.2, 0.25) is 0 Å². The lowest BCUT2D eigenvalue weighted by Crippen LogP contribution is -2.32. The number of benzene rings is 2. The number of carbonyl (C=O) groups is 1. The summed E-state index contributed by atoms with van der Waals surface area (Å²) in [6, 6.07) is 18.8. The number of anilines is 1. The Labute approximate surface area is 230 Å². The summed E-state index contributed by atoms with van der Waals surface area (Å²) in [4.78, 5) is 18.0. The first-order valence-corrected chi connectivity index (χ1v) is 14.3. The van der Waals surface area contributed by atoms with E-state index in [1.54, 1.807) is 6.20 Å². The second kappa shape index (κ2) is 10.1. The number of hydrogen-bond donors (Lipinski definition) is 1. The SMILES string of the molecule is CCOc1c(NC2CCC(C)CC2)cccc1C1(c2c(C)n(CC)c3ccccc23)OC(=O)c2ncccc21. The molecule has 1 fully saturated rings. The van der Waals surface area contributed by atoms with E-state index in [0.717, 1.165) is 70.0 Å². The number of ether oxygens (including phenoxy) is 2. The van der Waals surface area contributed by atoms with E-state index in [1.165, 1.54) is 12.8 Å². The van der Waals surface area contributed by atoms with Crippen molar-refractivity contribution in [2.45, 2.75) is 71.6 Å². The molecule has 6 nitrogen and oxygen atoms in total. The van der Waals surface area contributed by atoms with Gasteiger partial charge in [-0.15, -0.1) is 0 Å². The second-order valence-electron chi connectivity index (χ2n) is 10.9. The fourth-order valence-electron chi connectivity index (χ4n) is 6.75. The molecule has 1 atom stereocenters. The lowest BCUT2D eigenvalue weighted by molar-refractivity contribution is 0.0243. The van der Waals surface area contributed by atoms with Crippen LogP contribution in [0.4, 0.5) is 5.69 Å². The lowest BCUT2D eigenvalue weighted by Gasteiger charge is -2.34. The Morgan fingerprint density at radius 1 is 1.03 bits per heavy atom. The van der Waals surface area contributed by atoms with Crippen molar-refractivity contribution in [2.75, 3.05) is 11.9 Å². The summed E-state index contributed by atoms with van der Waals surface area (Å²) in [5, 5.41) is 4.86. The third kappa shape index (κ3) is 4.00. The Kier molecular flexibility index (Phi) is 6.57. The summed E-state index contributed by atoms with van der Waals surface area (Å²) < 4.78 is 15.3. The predicted molar refractivity (Wildman–Crippen MR) is 155 cm³/mol. The smallest absolute Gasteiger partial charge is 0.358 e. The van der Waals surface area contributed by atoms with Crippen LogP contribution in [-0.4, -0.2) is 28.2 Å². The van der Waals surface area contributed by atoms with Gasteiger partial charge in [0.25, 0.3) is 0 Å². The highest BCUT2D eigenvalue weighted by atomic mass is 16.6. The van der Waals surface area contributed by atoms with Crippen LogP contribution in [0.2, 0.25) is 0 Å². The van der Waals surface area contributed by atoms with E-state index in [2.05, 4.69) is 59.9 Å². The number of fused-ring (bicyclic) bond motifs is 2. The first-order chi connectivity index (χ1) is 19.0. The molecule has 0 spiro atoms. The molecule has 3 heterocycles. The number of pyridine rings is 1. The fourth-order valence-corrected chi connectivity index (χ4v) is 6.75. The number of esters is 1. The lowest BCUT2D eigenvalue weighted by atomic mass is 9.78. The zero-order valence-electron chi connectivity index (χ0n) is 23.3. The molecule has 202 valence electrons. The van der Waals surface area contributed by atoms with Crippen LogP contribution in [0.3, 0.4) is 0 Å².